The second-order valence-electron chi connectivity index (χ2n) is 5.22. The molecule has 5 nitrogen and oxygen atoms in total. The van der Waals surface area contributed by atoms with Gasteiger partial charge in [-0.2, -0.15) is 0 Å². The van der Waals surface area contributed by atoms with Crippen LogP contribution in [0.1, 0.15) is 32.3 Å². The molecule has 0 radical (unpaired) electrons. The fraction of sp³-hybridized carbons (Fsp3) is 0.467. The Balaban J connectivity index is 2.86. The van der Waals surface area contributed by atoms with Gasteiger partial charge in [0.25, 0.3) is 0 Å². The Hall–Kier alpha value is -2.04. The number of carbonyl (C=O) groups excluding carboxylic acids is 1. The number of anilines is 1. The first-order valence-electron chi connectivity index (χ1n) is 6.66. The summed E-state index contributed by atoms with van der Waals surface area (Å²) in [7, 11) is 1.62. The second-order valence-corrected chi connectivity index (χ2v) is 5.22. The van der Waals surface area contributed by atoms with E-state index >= 15 is 0 Å². The van der Waals surface area contributed by atoms with E-state index in [0.717, 1.165) is 11.3 Å². The molecule has 0 spiro atoms. The van der Waals surface area contributed by atoms with E-state index in [-0.39, 0.29) is 0 Å². The first kappa shape index (κ1) is 16.0. The van der Waals surface area contributed by atoms with Crippen LogP contribution in [0, 0.1) is 6.92 Å². The summed E-state index contributed by atoms with van der Waals surface area (Å²) >= 11 is 0. The van der Waals surface area contributed by atoms with Gasteiger partial charge in [0, 0.05) is 12.7 Å². The molecule has 2 amide bonds. The Morgan fingerprint density at radius 2 is 2.05 bits per heavy atom. The molecular weight excluding hydrogens is 256 g/mol. The minimum absolute atomic E-state index is 0.385. The number of carboxylic acid groups (broad SMARTS) is 1. The molecule has 5 heteroatoms. The zero-order valence-electron chi connectivity index (χ0n) is 12.4. The topological polar surface area (TPSA) is 69.6 Å². The van der Waals surface area contributed by atoms with Crippen molar-refractivity contribution in [3.63, 3.8) is 0 Å². The zero-order valence-corrected chi connectivity index (χ0v) is 12.4. The van der Waals surface area contributed by atoms with Gasteiger partial charge in [-0.15, -0.1) is 0 Å². The van der Waals surface area contributed by atoms with E-state index in [4.69, 9.17) is 0 Å². The van der Waals surface area contributed by atoms with Crippen LogP contribution in [-0.2, 0) is 4.79 Å². The van der Waals surface area contributed by atoms with Crippen molar-refractivity contribution in [1.82, 2.24) is 5.32 Å². The van der Waals surface area contributed by atoms with Crippen LogP contribution in [0.5, 0.6) is 0 Å². The third kappa shape index (κ3) is 3.73. The van der Waals surface area contributed by atoms with Gasteiger partial charge in [0.15, 0.2) is 0 Å². The number of hydrogen-bond donors (Lipinski definition) is 2. The summed E-state index contributed by atoms with van der Waals surface area (Å²) in [6, 6.07) is 7.06. The number of nitrogens with one attached hydrogen (secondary N) is 1. The van der Waals surface area contributed by atoms with Crippen LogP contribution in [0.3, 0.4) is 0 Å². The Kier molecular flexibility index (Phi) is 5.13. The van der Waals surface area contributed by atoms with E-state index < -0.39 is 17.5 Å². The maximum Gasteiger partial charge on any atom is 0.329 e. The van der Waals surface area contributed by atoms with Crippen molar-refractivity contribution in [1.29, 1.82) is 0 Å². The summed E-state index contributed by atoms with van der Waals surface area (Å²) < 4.78 is 0. The average molecular weight is 278 g/mol. The van der Waals surface area contributed by atoms with Crippen molar-refractivity contribution in [2.75, 3.05) is 11.9 Å². The number of aryl methyl sites for hydroxylation is 1. The SMILES string of the molecule is CCCC(C)(NC(=O)N(C)c1cccc(C)c1)C(=O)O. The van der Waals surface area contributed by atoms with Gasteiger partial charge in [-0.1, -0.05) is 25.5 Å². The zero-order chi connectivity index (χ0) is 15.3. The molecule has 1 unspecified atom stereocenters. The Labute approximate surface area is 119 Å². The predicted octanol–water partition coefficient (Wildman–Crippen LogP) is 2.78. The van der Waals surface area contributed by atoms with Gasteiger partial charge in [-0.25, -0.2) is 9.59 Å². The quantitative estimate of drug-likeness (QED) is 0.870. The number of carbonyl (C=O) groups is 2. The molecule has 0 aliphatic rings. The van der Waals surface area contributed by atoms with Crippen molar-refractivity contribution >= 4 is 17.7 Å². The van der Waals surface area contributed by atoms with E-state index in [1.165, 1.54) is 11.8 Å². The molecule has 0 aliphatic heterocycles. The van der Waals surface area contributed by atoms with Crippen LogP contribution in [0.15, 0.2) is 24.3 Å². The molecule has 1 aromatic carbocycles. The highest BCUT2D eigenvalue weighted by Crippen LogP contribution is 2.17. The molecule has 2 N–H and O–H groups in total. The van der Waals surface area contributed by atoms with E-state index in [9.17, 15) is 14.7 Å². The van der Waals surface area contributed by atoms with E-state index in [2.05, 4.69) is 5.32 Å². The normalized spacial score (nSPS) is 13.4. The molecule has 0 bridgehead atoms. The van der Waals surface area contributed by atoms with Gasteiger partial charge in [0.05, 0.1) is 0 Å². The third-order valence-corrected chi connectivity index (χ3v) is 3.30. The van der Waals surface area contributed by atoms with E-state index in [0.29, 0.717) is 12.8 Å². The number of rotatable bonds is 5. The van der Waals surface area contributed by atoms with E-state index in [1.807, 2.05) is 38.1 Å². The van der Waals surface area contributed by atoms with Gasteiger partial charge >= 0.3 is 12.0 Å². The second kappa shape index (κ2) is 6.41. The molecule has 1 atom stereocenters. The number of nitrogens with zero attached hydrogens (tertiary/aromatic N) is 1. The summed E-state index contributed by atoms with van der Waals surface area (Å²) in [5, 5.41) is 11.9. The first-order chi connectivity index (χ1) is 9.30. The van der Waals surface area contributed by atoms with Crippen molar-refractivity contribution < 1.29 is 14.7 Å². The minimum atomic E-state index is -1.25. The molecular formula is C15H22N2O3. The molecule has 0 heterocycles. The minimum Gasteiger partial charge on any atom is -0.480 e. The maximum atomic E-state index is 12.2. The van der Waals surface area contributed by atoms with Crippen molar-refractivity contribution in [3.8, 4) is 0 Å². The number of carboxylic acids is 1. The van der Waals surface area contributed by atoms with Crippen LogP contribution in [0.4, 0.5) is 10.5 Å². The van der Waals surface area contributed by atoms with Crippen LogP contribution < -0.4 is 10.2 Å². The molecule has 0 fully saturated rings. The lowest BCUT2D eigenvalue weighted by atomic mass is 9.96. The van der Waals surface area contributed by atoms with Crippen molar-refractivity contribution in [2.24, 2.45) is 0 Å². The fourth-order valence-corrected chi connectivity index (χ4v) is 2.00. The lowest BCUT2D eigenvalue weighted by molar-refractivity contribution is -0.144. The number of hydrogen-bond acceptors (Lipinski definition) is 2. The Morgan fingerprint density at radius 3 is 2.55 bits per heavy atom. The standard InChI is InChI=1S/C15H22N2O3/c1-5-9-15(3,13(18)19)16-14(20)17(4)12-8-6-7-11(2)10-12/h6-8,10H,5,9H2,1-4H3,(H,16,20)(H,18,19). The summed E-state index contributed by atoms with van der Waals surface area (Å²) in [6.07, 6.45) is 1.06. The third-order valence-electron chi connectivity index (χ3n) is 3.30. The van der Waals surface area contributed by atoms with Gasteiger partial charge in [-0.3, -0.25) is 4.90 Å². The van der Waals surface area contributed by atoms with Gasteiger partial charge in [0.1, 0.15) is 5.54 Å². The fourth-order valence-electron chi connectivity index (χ4n) is 2.00. The average Bonchev–Trinajstić information content (AvgIpc) is 2.37. The largest absolute Gasteiger partial charge is 0.480 e. The monoisotopic (exact) mass is 278 g/mol. The number of urea groups is 1. The highest BCUT2D eigenvalue weighted by molar-refractivity contribution is 5.95. The molecule has 0 saturated heterocycles. The van der Waals surface area contributed by atoms with E-state index in [1.54, 1.807) is 7.05 Å². The van der Waals surface area contributed by atoms with Gasteiger partial charge < -0.3 is 10.4 Å². The Bertz CT molecular complexity index is 502. The molecule has 1 rings (SSSR count). The van der Waals surface area contributed by atoms with Gasteiger partial charge in [-0.05, 0) is 38.0 Å². The molecule has 0 aliphatic carbocycles. The lowest BCUT2D eigenvalue weighted by Gasteiger charge is -2.29. The van der Waals surface area contributed by atoms with Crippen LogP contribution in [0.25, 0.3) is 0 Å². The summed E-state index contributed by atoms with van der Waals surface area (Å²) in [6.45, 7) is 5.35. The summed E-state index contributed by atoms with van der Waals surface area (Å²) in [5.41, 5.74) is 0.521. The summed E-state index contributed by atoms with van der Waals surface area (Å²) in [4.78, 5) is 24.9. The number of amides is 2. The highest BCUT2D eigenvalue weighted by Gasteiger charge is 2.34. The molecule has 110 valence electrons. The molecule has 0 aromatic heterocycles. The van der Waals surface area contributed by atoms with Crippen molar-refractivity contribution in [2.45, 2.75) is 39.2 Å². The maximum absolute atomic E-state index is 12.2. The molecule has 1 aromatic rings. The molecule has 0 saturated carbocycles. The predicted molar refractivity (Wildman–Crippen MR) is 79.1 cm³/mol. The number of benzene rings is 1. The lowest BCUT2D eigenvalue weighted by Crippen LogP contribution is -2.55. The van der Waals surface area contributed by atoms with Gasteiger partial charge in [0.2, 0.25) is 0 Å². The Morgan fingerprint density at radius 1 is 1.40 bits per heavy atom. The number of aliphatic carboxylic acids is 1. The van der Waals surface area contributed by atoms with Crippen LogP contribution >= 0.6 is 0 Å². The smallest absolute Gasteiger partial charge is 0.329 e. The van der Waals surface area contributed by atoms with Crippen LogP contribution in [0.2, 0.25) is 0 Å². The van der Waals surface area contributed by atoms with Crippen molar-refractivity contribution in [3.05, 3.63) is 29.8 Å². The first-order valence-corrected chi connectivity index (χ1v) is 6.66. The highest BCUT2D eigenvalue weighted by atomic mass is 16.4. The molecule has 20 heavy (non-hydrogen) atoms. The summed E-state index contributed by atoms with van der Waals surface area (Å²) in [5.74, 6) is -1.02. The van der Waals surface area contributed by atoms with Crippen LogP contribution in [-0.4, -0.2) is 29.7 Å².